The zero-order valence-corrected chi connectivity index (χ0v) is 49.8. The number of phosphoric acid groups is 2. The van der Waals surface area contributed by atoms with Gasteiger partial charge in [0.1, 0.15) is 19.3 Å². The van der Waals surface area contributed by atoms with Crippen LogP contribution >= 0.6 is 15.6 Å². The van der Waals surface area contributed by atoms with Gasteiger partial charge in [-0.3, -0.25) is 37.3 Å². The summed E-state index contributed by atoms with van der Waals surface area (Å²) >= 11 is 0. The number of rotatable bonds is 54. The van der Waals surface area contributed by atoms with Crippen molar-refractivity contribution < 1.29 is 80.2 Å². The van der Waals surface area contributed by atoms with Gasteiger partial charge in [-0.25, -0.2) is 9.13 Å². The molecule has 0 fully saturated rings. The van der Waals surface area contributed by atoms with Gasteiger partial charge < -0.3 is 33.8 Å². The second kappa shape index (κ2) is 48.0. The van der Waals surface area contributed by atoms with Gasteiger partial charge in [-0.15, -0.1) is 0 Å². The van der Waals surface area contributed by atoms with E-state index in [0.717, 1.165) is 115 Å². The fourth-order valence-corrected chi connectivity index (χ4v) is 9.61. The molecule has 17 nitrogen and oxygen atoms in total. The highest BCUT2D eigenvalue weighted by Crippen LogP contribution is 2.45. The van der Waals surface area contributed by atoms with E-state index in [1.807, 2.05) is 0 Å². The molecule has 0 amide bonds. The molecule has 444 valence electrons. The molecule has 0 saturated heterocycles. The van der Waals surface area contributed by atoms with Gasteiger partial charge >= 0.3 is 39.5 Å². The number of carbonyl (C=O) groups is 4. The number of phosphoric ester groups is 2. The largest absolute Gasteiger partial charge is 0.472 e. The molecular weight excluding hydrogens is 1010 g/mol. The monoisotopic (exact) mass is 1110 g/mol. The molecule has 19 heteroatoms. The molecule has 0 bridgehead atoms. The van der Waals surface area contributed by atoms with E-state index in [1.54, 1.807) is 0 Å². The molecule has 0 rings (SSSR count). The lowest BCUT2D eigenvalue weighted by atomic mass is 10.00. The highest BCUT2D eigenvalue weighted by molar-refractivity contribution is 7.47. The summed E-state index contributed by atoms with van der Waals surface area (Å²) in [5.41, 5.74) is 0. The topological polar surface area (TPSA) is 237 Å². The van der Waals surface area contributed by atoms with Gasteiger partial charge in [0.2, 0.25) is 0 Å². The van der Waals surface area contributed by atoms with E-state index >= 15 is 0 Å². The van der Waals surface area contributed by atoms with Crippen LogP contribution in [0.15, 0.2) is 0 Å². The number of carbonyl (C=O) groups excluding carboxylic acids is 4. The first-order valence-corrected chi connectivity index (χ1v) is 32.4. The Labute approximate surface area is 454 Å². The van der Waals surface area contributed by atoms with Crippen molar-refractivity contribution in [1.82, 2.24) is 0 Å². The van der Waals surface area contributed by atoms with Crippen LogP contribution in [0.2, 0.25) is 0 Å². The summed E-state index contributed by atoms with van der Waals surface area (Å²) in [4.78, 5) is 71.5. The van der Waals surface area contributed by atoms with Crippen molar-refractivity contribution in [3.8, 4) is 0 Å². The van der Waals surface area contributed by atoms with E-state index < -0.39 is 97.5 Å². The summed E-state index contributed by atoms with van der Waals surface area (Å²) in [7, 11) is -9.86. The third kappa shape index (κ3) is 50.1. The lowest BCUT2D eigenvalue weighted by molar-refractivity contribution is -0.161. The predicted molar refractivity (Wildman–Crippen MR) is 294 cm³/mol. The lowest BCUT2D eigenvalue weighted by Crippen LogP contribution is -2.30. The quantitative estimate of drug-likeness (QED) is 0.0222. The number of esters is 4. The molecule has 0 aromatic carbocycles. The highest BCUT2D eigenvalue weighted by atomic mass is 31.2. The third-order valence-electron chi connectivity index (χ3n) is 13.0. The van der Waals surface area contributed by atoms with Gasteiger partial charge in [0.25, 0.3) is 0 Å². The van der Waals surface area contributed by atoms with Gasteiger partial charge in [-0.05, 0) is 43.4 Å². The fraction of sp³-hybridized carbons (Fsp3) is 0.929. The van der Waals surface area contributed by atoms with Gasteiger partial charge in [0, 0.05) is 25.7 Å². The smallest absolute Gasteiger partial charge is 0.462 e. The van der Waals surface area contributed by atoms with E-state index in [1.165, 1.54) is 57.8 Å². The fourth-order valence-electron chi connectivity index (χ4n) is 8.03. The minimum absolute atomic E-state index is 0.100. The van der Waals surface area contributed by atoms with Crippen LogP contribution < -0.4 is 0 Å². The standard InChI is InChI=1S/C56H108O17P2/c1-8-10-11-20-30-37-53(58)66-43-51(73-56(61)40-33-26-18-16-22-28-35-48(5)6)45-70-74(62,63)68-41-50(57)42-69-75(64,65)71-46-52(44-67-54(59)38-31-24-19-17-23-29-36-49(7)9-2)72-55(60)39-32-25-15-13-12-14-21-27-34-47(3)4/h47-52,57H,8-46H2,1-7H3,(H,62,63)(H,64,65)/t49?,50-,51+,52+/m0/s1. The summed E-state index contributed by atoms with van der Waals surface area (Å²) in [5.74, 6) is -0.0452. The van der Waals surface area contributed by atoms with Crippen molar-refractivity contribution in [3.05, 3.63) is 0 Å². The molecule has 3 unspecified atom stereocenters. The molecule has 0 aliphatic rings. The molecule has 0 aliphatic heterocycles. The summed E-state index contributed by atoms with van der Waals surface area (Å²) in [6, 6.07) is 0. The third-order valence-corrected chi connectivity index (χ3v) is 14.9. The van der Waals surface area contributed by atoms with Crippen LogP contribution in [0, 0.1) is 17.8 Å². The minimum atomic E-state index is -4.93. The summed E-state index contributed by atoms with van der Waals surface area (Å²) in [5, 5.41) is 10.5. The van der Waals surface area contributed by atoms with Crippen LogP contribution in [0.25, 0.3) is 0 Å². The highest BCUT2D eigenvalue weighted by Gasteiger charge is 2.30. The first-order valence-electron chi connectivity index (χ1n) is 29.4. The van der Waals surface area contributed by atoms with Crippen molar-refractivity contribution in [3.63, 3.8) is 0 Å². The zero-order valence-electron chi connectivity index (χ0n) is 48.0. The zero-order chi connectivity index (χ0) is 56.0. The Kier molecular flexibility index (Phi) is 46.8. The Morgan fingerprint density at radius 1 is 0.387 bits per heavy atom. The molecule has 0 heterocycles. The van der Waals surface area contributed by atoms with Crippen molar-refractivity contribution in [2.45, 2.75) is 279 Å². The molecule has 0 spiro atoms. The summed E-state index contributed by atoms with van der Waals surface area (Å²) in [6.07, 6.45) is 25.9. The number of hydrogen-bond acceptors (Lipinski definition) is 15. The van der Waals surface area contributed by atoms with E-state index in [9.17, 15) is 43.2 Å². The van der Waals surface area contributed by atoms with Crippen molar-refractivity contribution in [1.29, 1.82) is 0 Å². The van der Waals surface area contributed by atoms with Gasteiger partial charge in [-0.2, -0.15) is 0 Å². The average molecular weight is 1120 g/mol. The molecule has 3 N–H and O–H groups in total. The number of ether oxygens (including phenoxy) is 4. The van der Waals surface area contributed by atoms with Gasteiger partial charge in [0.05, 0.1) is 26.4 Å². The molecular formula is C56H108O17P2. The van der Waals surface area contributed by atoms with E-state index in [0.29, 0.717) is 31.6 Å². The Morgan fingerprint density at radius 2 is 0.680 bits per heavy atom. The average Bonchev–Trinajstić information content (AvgIpc) is 3.36. The van der Waals surface area contributed by atoms with Crippen LogP contribution in [-0.2, 0) is 65.4 Å². The molecule has 0 aliphatic carbocycles. The maximum absolute atomic E-state index is 12.9. The van der Waals surface area contributed by atoms with E-state index in [-0.39, 0.29) is 25.7 Å². The maximum atomic E-state index is 12.9. The van der Waals surface area contributed by atoms with E-state index in [4.69, 9.17) is 37.0 Å². The Balaban J connectivity index is 5.21. The Hall–Kier alpha value is -1.94. The molecule has 75 heavy (non-hydrogen) atoms. The molecule has 0 saturated carbocycles. The van der Waals surface area contributed by atoms with Crippen LogP contribution in [-0.4, -0.2) is 96.7 Å². The number of unbranched alkanes of at least 4 members (excludes halogenated alkanes) is 21. The summed E-state index contributed by atoms with van der Waals surface area (Å²) in [6.45, 7) is 11.5. The Morgan fingerprint density at radius 3 is 1.01 bits per heavy atom. The van der Waals surface area contributed by atoms with Crippen LogP contribution in [0.5, 0.6) is 0 Å². The second-order valence-electron chi connectivity index (χ2n) is 21.5. The SMILES string of the molecule is CCCCCCCC(=O)OC[C@H](COP(=O)(O)OC[C@H](O)COP(=O)(O)OC[C@@H](COC(=O)CCCCCCCCC(C)CC)OC(=O)CCCCCCCCCCC(C)C)OC(=O)CCCCCCCCC(C)C. The molecule has 6 atom stereocenters. The second-order valence-corrected chi connectivity index (χ2v) is 24.4. The van der Waals surface area contributed by atoms with Crippen LogP contribution in [0.1, 0.15) is 260 Å². The van der Waals surface area contributed by atoms with Crippen LogP contribution in [0.4, 0.5) is 0 Å². The number of hydrogen-bond donors (Lipinski definition) is 3. The summed E-state index contributed by atoms with van der Waals surface area (Å²) < 4.78 is 67.4. The van der Waals surface area contributed by atoms with Crippen molar-refractivity contribution in [2.24, 2.45) is 17.8 Å². The predicted octanol–water partition coefficient (Wildman–Crippen LogP) is 14.4. The van der Waals surface area contributed by atoms with Gasteiger partial charge in [-0.1, -0.05) is 209 Å². The van der Waals surface area contributed by atoms with Gasteiger partial charge in [0.15, 0.2) is 12.2 Å². The first-order chi connectivity index (χ1) is 35.8. The number of aliphatic hydroxyl groups is 1. The molecule has 0 aromatic rings. The minimum Gasteiger partial charge on any atom is -0.462 e. The molecule has 0 radical (unpaired) electrons. The maximum Gasteiger partial charge on any atom is 0.472 e. The number of aliphatic hydroxyl groups excluding tert-OH is 1. The van der Waals surface area contributed by atoms with Crippen molar-refractivity contribution in [2.75, 3.05) is 39.6 Å². The van der Waals surface area contributed by atoms with Crippen LogP contribution in [0.3, 0.4) is 0 Å². The normalized spacial score (nSPS) is 15.0. The lowest BCUT2D eigenvalue weighted by Gasteiger charge is -2.21. The molecule has 0 aromatic heterocycles. The van der Waals surface area contributed by atoms with Crippen molar-refractivity contribution >= 4 is 39.5 Å². The Bertz CT molecular complexity index is 1510. The first kappa shape index (κ1) is 73.1. The van der Waals surface area contributed by atoms with E-state index in [2.05, 4.69) is 48.5 Å².